The molecule has 0 saturated carbocycles. The van der Waals surface area contributed by atoms with Crippen molar-refractivity contribution in [2.75, 3.05) is 11.2 Å². The van der Waals surface area contributed by atoms with Crippen LogP contribution in [0.5, 0.6) is 0 Å². The molecule has 2 N–H and O–H groups in total. The molecule has 10 heteroatoms. The first-order chi connectivity index (χ1) is 8.65. The quantitative estimate of drug-likeness (QED) is 0.677. The molecule has 0 aliphatic rings. The van der Waals surface area contributed by atoms with Gasteiger partial charge in [0.2, 0.25) is 5.91 Å². The van der Waals surface area contributed by atoms with Crippen molar-refractivity contribution in [2.45, 2.75) is 12.1 Å². The number of rotatable bonds is 4. The molecule has 9 nitrogen and oxygen atoms in total. The van der Waals surface area contributed by atoms with Crippen LogP contribution in [0.3, 0.4) is 0 Å². The lowest BCUT2D eigenvalue weighted by Crippen LogP contribution is -2.23. The fraction of sp³-hybridized carbons (Fsp3) is 0.250. The number of aryl methyl sites for hydroxylation is 1. The van der Waals surface area contributed by atoms with Crippen LogP contribution in [0, 0.1) is 6.92 Å². The van der Waals surface area contributed by atoms with E-state index in [9.17, 15) is 9.59 Å². The van der Waals surface area contributed by atoms with Gasteiger partial charge in [0, 0.05) is 0 Å². The fourth-order valence-electron chi connectivity index (χ4n) is 1.01. The molecule has 94 valence electrons. The van der Waals surface area contributed by atoms with E-state index in [4.69, 9.17) is 0 Å². The Hall–Kier alpha value is -2.23. The minimum absolute atomic E-state index is 0.0891. The summed E-state index contributed by atoms with van der Waals surface area (Å²) in [7, 11) is 0. The van der Waals surface area contributed by atoms with Gasteiger partial charge in [-0.25, -0.2) is 4.68 Å². The third-order valence-corrected chi connectivity index (χ3v) is 2.72. The zero-order chi connectivity index (χ0) is 13.0. The molecule has 0 atom stereocenters. The van der Waals surface area contributed by atoms with Gasteiger partial charge in [-0.15, -0.1) is 20.4 Å². The molecule has 0 fully saturated rings. The Morgan fingerprint density at radius 2 is 2.17 bits per heavy atom. The van der Waals surface area contributed by atoms with Crippen LogP contribution in [0.4, 0.5) is 0 Å². The Balaban J connectivity index is 1.89. The molecule has 18 heavy (non-hydrogen) atoms. The van der Waals surface area contributed by atoms with Gasteiger partial charge in [-0.2, -0.15) is 0 Å². The van der Waals surface area contributed by atoms with Gasteiger partial charge in [0.05, 0.1) is 5.75 Å². The number of thioether (sulfide) groups is 1. The van der Waals surface area contributed by atoms with Crippen molar-refractivity contribution < 1.29 is 4.79 Å². The van der Waals surface area contributed by atoms with Crippen molar-refractivity contribution in [3.8, 4) is 0 Å². The predicted molar refractivity (Wildman–Crippen MR) is 62.5 cm³/mol. The fourth-order valence-corrected chi connectivity index (χ4v) is 1.61. The van der Waals surface area contributed by atoms with Crippen LogP contribution in [0.1, 0.15) is 5.69 Å². The normalized spacial score (nSPS) is 10.3. The highest BCUT2D eigenvalue weighted by molar-refractivity contribution is 7.99. The minimum Gasteiger partial charge on any atom is -0.298 e. The van der Waals surface area contributed by atoms with E-state index in [1.54, 1.807) is 6.92 Å². The number of nitrogens with one attached hydrogen (secondary N) is 2. The van der Waals surface area contributed by atoms with Crippen LogP contribution in [-0.4, -0.2) is 41.7 Å². The highest BCUT2D eigenvalue weighted by Gasteiger charge is 2.06. The number of amides is 1. The van der Waals surface area contributed by atoms with Crippen LogP contribution in [0.15, 0.2) is 22.6 Å². The minimum atomic E-state index is -0.313. The van der Waals surface area contributed by atoms with E-state index < -0.39 is 0 Å². The molecular weight excluding hydrogens is 258 g/mol. The first-order valence-corrected chi connectivity index (χ1v) is 5.84. The molecule has 0 spiro atoms. The summed E-state index contributed by atoms with van der Waals surface area (Å²) < 4.78 is 1.33. The van der Waals surface area contributed by atoms with Gasteiger partial charge in [0.1, 0.15) is 18.3 Å². The van der Waals surface area contributed by atoms with Crippen LogP contribution in [0.25, 0.3) is 0 Å². The zero-order valence-corrected chi connectivity index (χ0v) is 10.1. The second kappa shape index (κ2) is 5.40. The SMILES string of the molecule is Cc1nnc(SCC(=O)Nn2cnnc2)[nH]c1=O. The first kappa shape index (κ1) is 12.2. The average Bonchev–Trinajstić information content (AvgIpc) is 2.83. The monoisotopic (exact) mass is 267 g/mol. The number of hydrogen-bond donors (Lipinski definition) is 2. The lowest BCUT2D eigenvalue weighted by atomic mass is 10.5. The molecule has 0 radical (unpaired) electrons. The molecule has 0 aliphatic heterocycles. The molecule has 0 bridgehead atoms. The van der Waals surface area contributed by atoms with E-state index in [0.29, 0.717) is 5.16 Å². The van der Waals surface area contributed by atoms with Gasteiger partial charge in [-0.1, -0.05) is 11.8 Å². The molecule has 0 unspecified atom stereocenters. The van der Waals surface area contributed by atoms with Crippen LogP contribution in [0.2, 0.25) is 0 Å². The highest BCUT2D eigenvalue weighted by atomic mass is 32.2. The summed E-state index contributed by atoms with van der Waals surface area (Å²) in [5.74, 6) is -0.186. The van der Waals surface area contributed by atoms with Crippen LogP contribution >= 0.6 is 11.8 Å². The Morgan fingerprint density at radius 1 is 1.44 bits per heavy atom. The molecule has 2 rings (SSSR count). The van der Waals surface area contributed by atoms with Gasteiger partial charge in [0.25, 0.3) is 5.56 Å². The molecule has 2 aromatic rings. The van der Waals surface area contributed by atoms with Crippen molar-refractivity contribution in [3.63, 3.8) is 0 Å². The van der Waals surface area contributed by atoms with Gasteiger partial charge < -0.3 is 0 Å². The van der Waals surface area contributed by atoms with Gasteiger partial charge in [-0.05, 0) is 6.92 Å². The number of nitrogens with zero attached hydrogens (tertiary/aromatic N) is 5. The van der Waals surface area contributed by atoms with E-state index in [1.807, 2.05) is 0 Å². The summed E-state index contributed by atoms with van der Waals surface area (Å²) in [6.07, 6.45) is 2.71. The highest BCUT2D eigenvalue weighted by Crippen LogP contribution is 2.08. The predicted octanol–water partition coefficient (Wildman–Crippen LogP) is -1.07. The maximum absolute atomic E-state index is 11.5. The molecule has 1 amide bonds. The van der Waals surface area contributed by atoms with Gasteiger partial charge in [0.15, 0.2) is 5.16 Å². The van der Waals surface area contributed by atoms with E-state index in [2.05, 4.69) is 30.8 Å². The third-order valence-electron chi connectivity index (χ3n) is 1.85. The van der Waals surface area contributed by atoms with E-state index in [0.717, 1.165) is 11.8 Å². The molecule has 2 heterocycles. The van der Waals surface area contributed by atoms with Gasteiger partial charge in [-0.3, -0.25) is 20.0 Å². The summed E-state index contributed by atoms with van der Waals surface area (Å²) in [5.41, 5.74) is 2.48. The topological polar surface area (TPSA) is 118 Å². The molecule has 0 aliphatic carbocycles. The smallest absolute Gasteiger partial charge is 0.273 e. The zero-order valence-electron chi connectivity index (χ0n) is 9.32. The number of carbonyl (C=O) groups excluding carboxylic acids is 1. The average molecular weight is 267 g/mol. The van der Waals surface area contributed by atoms with E-state index in [1.165, 1.54) is 17.3 Å². The lowest BCUT2D eigenvalue weighted by Gasteiger charge is -2.03. The molecule has 0 aromatic carbocycles. The molecule has 2 aromatic heterocycles. The number of aromatic amines is 1. The number of aromatic nitrogens is 6. The molecular formula is C8H9N7O2S. The van der Waals surface area contributed by atoms with Crippen molar-refractivity contribution in [3.05, 3.63) is 28.7 Å². The summed E-state index contributed by atoms with van der Waals surface area (Å²) in [6.45, 7) is 1.55. The Bertz CT molecular complexity index is 594. The second-order valence-corrected chi connectivity index (χ2v) is 4.20. The largest absolute Gasteiger partial charge is 0.298 e. The van der Waals surface area contributed by atoms with Crippen LogP contribution < -0.4 is 11.0 Å². The Labute approximate surface area is 105 Å². The second-order valence-electron chi connectivity index (χ2n) is 3.24. The maximum Gasteiger partial charge on any atom is 0.273 e. The molecule has 0 saturated heterocycles. The van der Waals surface area contributed by atoms with Crippen molar-refractivity contribution in [1.82, 2.24) is 30.1 Å². The maximum atomic E-state index is 11.5. The van der Waals surface area contributed by atoms with Crippen LogP contribution in [-0.2, 0) is 4.79 Å². The summed E-state index contributed by atoms with van der Waals surface area (Å²) in [4.78, 5) is 25.2. The number of H-pyrrole nitrogens is 1. The Kier molecular flexibility index (Phi) is 3.67. The summed E-state index contributed by atoms with van der Waals surface area (Å²) in [6, 6.07) is 0. The van der Waals surface area contributed by atoms with Gasteiger partial charge >= 0.3 is 0 Å². The Morgan fingerprint density at radius 3 is 2.83 bits per heavy atom. The third kappa shape index (κ3) is 3.13. The van der Waals surface area contributed by atoms with Crippen molar-refractivity contribution in [1.29, 1.82) is 0 Å². The van der Waals surface area contributed by atoms with E-state index in [-0.39, 0.29) is 22.9 Å². The standard InChI is InChI=1S/C8H9N7O2S/c1-5-7(17)11-8(13-12-5)18-2-6(16)14-15-3-9-10-4-15/h3-4H,2H2,1H3,(H,14,16)(H,11,13,17). The van der Waals surface area contributed by atoms with Crippen molar-refractivity contribution >= 4 is 17.7 Å². The van der Waals surface area contributed by atoms with Crippen molar-refractivity contribution in [2.24, 2.45) is 0 Å². The first-order valence-electron chi connectivity index (χ1n) is 4.86. The summed E-state index contributed by atoms with van der Waals surface area (Å²) >= 11 is 1.08. The number of hydrogen-bond acceptors (Lipinski definition) is 7. The lowest BCUT2D eigenvalue weighted by molar-refractivity contribution is -0.114. The number of carbonyl (C=O) groups is 1. The van der Waals surface area contributed by atoms with E-state index >= 15 is 0 Å². The summed E-state index contributed by atoms with van der Waals surface area (Å²) in [5, 5.41) is 14.8.